The number of rotatable bonds is 4. The smallest absolute Gasteiger partial charge is 0.286 e. The Bertz CT molecular complexity index is 576. The van der Waals surface area contributed by atoms with Gasteiger partial charge in [0.1, 0.15) is 24.0 Å². The van der Waals surface area contributed by atoms with Crippen molar-refractivity contribution in [3.63, 3.8) is 0 Å². The molecule has 2 rings (SSSR count). The molecule has 1 aliphatic rings. The molecule has 12 nitrogen and oxygen atoms in total. The largest absolute Gasteiger partial charge is 0.394 e. The lowest BCUT2D eigenvalue weighted by Gasteiger charge is -2.18. The highest BCUT2D eigenvalue weighted by Crippen LogP contribution is 2.30. The molecule has 1 fully saturated rings. The number of hydrogen-bond donors (Lipinski definition) is 7. The van der Waals surface area contributed by atoms with Gasteiger partial charge in [-0.25, -0.2) is 16.7 Å². The lowest BCUT2D eigenvalue weighted by molar-refractivity contribution is -0.0535. The van der Waals surface area contributed by atoms with Crippen LogP contribution in [0.15, 0.2) is 6.33 Å². The van der Waals surface area contributed by atoms with Crippen molar-refractivity contribution in [1.82, 2.24) is 20.4 Å². The van der Waals surface area contributed by atoms with E-state index in [0.717, 1.165) is 10.9 Å². The second-order valence-corrected chi connectivity index (χ2v) is 4.52. The number of nitrogens with two attached hydrogens (primary N) is 2. The first-order valence-electron chi connectivity index (χ1n) is 6.17. The van der Waals surface area contributed by atoms with Crippen LogP contribution in [-0.4, -0.2) is 61.6 Å². The number of carbonyl (C=O) groups excluding carboxylic acids is 2. The van der Waals surface area contributed by atoms with Gasteiger partial charge in [0, 0.05) is 0 Å². The number of hydrogen-bond acceptors (Lipinski definition) is 9. The van der Waals surface area contributed by atoms with Gasteiger partial charge < -0.3 is 20.1 Å². The molecule has 0 radical (unpaired) electrons. The van der Waals surface area contributed by atoms with E-state index in [1.54, 1.807) is 0 Å². The minimum absolute atomic E-state index is 0.319. The van der Waals surface area contributed by atoms with Crippen molar-refractivity contribution in [3.05, 3.63) is 17.7 Å². The monoisotopic (exact) mass is 316 g/mol. The third-order valence-corrected chi connectivity index (χ3v) is 3.28. The van der Waals surface area contributed by atoms with Gasteiger partial charge in [-0.05, 0) is 0 Å². The van der Waals surface area contributed by atoms with Crippen molar-refractivity contribution >= 4 is 11.8 Å². The first kappa shape index (κ1) is 16.3. The van der Waals surface area contributed by atoms with E-state index in [-0.39, 0.29) is 11.4 Å². The van der Waals surface area contributed by atoms with E-state index in [9.17, 15) is 19.8 Å². The van der Waals surface area contributed by atoms with E-state index in [4.69, 9.17) is 21.5 Å². The molecule has 2 heterocycles. The van der Waals surface area contributed by atoms with Gasteiger partial charge in [0.25, 0.3) is 11.8 Å². The summed E-state index contributed by atoms with van der Waals surface area (Å²) in [5, 5.41) is 28.8. The molecule has 0 saturated carbocycles. The van der Waals surface area contributed by atoms with E-state index in [1.807, 2.05) is 10.9 Å². The standard InChI is InChI=1S/C10H16N6O6/c11-14-8(20)4-5(9(21)15-12)16(2-13-4)10-7(19)6(18)3(1-17)22-10/h2-3,6-7,10,17-19H,1,11-12H2,(H,14,20)(H,15,21)/t3-,6-,7-,10-/m1/s1. The average Bonchev–Trinajstić information content (AvgIpc) is 3.08. The van der Waals surface area contributed by atoms with Crippen LogP contribution in [0.25, 0.3) is 0 Å². The summed E-state index contributed by atoms with van der Waals surface area (Å²) in [6, 6.07) is 0. The lowest BCUT2D eigenvalue weighted by Crippen LogP contribution is -2.38. The van der Waals surface area contributed by atoms with Gasteiger partial charge in [0.05, 0.1) is 12.9 Å². The number of amides is 2. The molecule has 1 aliphatic heterocycles. The van der Waals surface area contributed by atoms with Gasteiger partial charge in [0.15, 0.2) is 11.9 Å². The van der Waals surface area contributed by atoms with Crippen molar-refractivity contribution in [2.24, 2.45) is 11.7 Å². The van der Waals surface area contributed by atoms with Gasteiger partial charge >= 0.3 is 0 Å². The molecule has 9 N–H and O–H groups in total. The van der Waals surface area contributed by atoms with Crippen LogP contribution < -0.4 is 22.5 Å². The Hall–Kier alpha value is -2.09. The number of hydrazine groups is 2. The van der Waals surface area contributed by atoms with Crippen molar-refractivity contribution in [1.29, 1.82) is 0 Å². The number of ether oxygens (including phenoxy) is 1. The summed E-state index contributed by atoms with van der Waals surface area (Å²) in [4.78, 5) is 27.2. The number of aliphatic hydroxyl groups excluding tert-OH is 3. The van der Waals surface area contributed by atoms with Crippen LogP contribution in [-0.2, 0) is 4.74 Å². The third-order valence-electron chi connectivity index (χ3n) is 3.28. The summed E-state index contributed by atoms with van der Waals surface area (Å²) in [5.74, 6) is 8.33. The Morgan fingerprint density at radius 3 is 2.41 bits per heavy atom. The summed E-state index contributed by atoms with van der Waals surface area (Å²) in [5.41, 5.74) is 2.98. The predicted octanol–water partition coefficient (Wildman–Crippen LogP) is -4.30. The van der Waals surface area contributed by atoms with Crippen LogP contribution in [0.2, 0.25) is 0 Å². The normalized spacial score (nSPS) is 27.7. The molecule has 0 aliphatic carbocycles. The summed E-state index contributed by atoms with van der Waals surface area (Å²) in [7, 11) is 0. The SMILES string of the molecule is NNC(=O)c1ncn([C@@H]2O[C@H](CO)[C@@H](O)[C@H]2O)c1C(=O)NN. The lowest BCUT2D eigenvalue weighted by atomic mass is 10.1. The quantitative estimate of drug-likeness (QED) is 0.163. The molecule has 122 valence electrons. The summed E-state index contributed by atoms with van der Waals surface area (Å²) < 4.78 is 6.30. The molecule has 0 spiro atoms. The summed E-state index contributed by atoms with van der Waals surface area (Å²) >= 11 is 0. The van der Waals surface area contributed by atoms with Crippen LogP contribution in [0.1, 0.15) is 27.2 Å². The molecule has 0 aromatic carbocycles. The first-order valence-corrected chi connectivity index (χ1v) is 6.17. The minimum Gasteiger partial charge on any atom is -0.394 e. The predicted molar refractivity (Wildman–Crippen MR) is 68.5 cm³/mol. The van der Waals surface area contributed by atoms with E-state index < -0.39 is 43.0 Å². The molecule has 4 atom stereocenters. The highest BCUT2D eigenvalue weighted by atomic mass is 16.6. The highest BCUT2D eigenvalue weighted by molar-refractivity contribution is 6.04. The molecule has 22 heavy (non-hydrogen) atoms. The van der Waals surface area contributed by atoms with E-state index in [0.29, 0.717) is 0 Å². The second-order valence-electron chi connectivity index (χ2n) is 4.52. The number of nitrogen functional groups attached to an aromatic ring is 2. The van der Waals surface area contributed by atoms with Crippen molar-refractivity contribution < 1.29 is 29.6 Å². The Balaban J connectivity index is 2.45. The number of aliphatic hydroxyl groups is 3. The molecular formula is C10H16N6O6. The highest BCUT2D eigenvalue weighted by Gasteiger charge is 2.45. The number of carbonyl (C=O) groups is 2. The first-order chi connectivity index (χ1) is 10.5. The van der Waals surface area contributed by atoms with E-state index in [2.05, 4.69) is 4.98 Å². The Morgan fingerprint density at radius 2 is 1.91 bits per heavy atom. The minimum atomic E-state index is -1.45. The molecule has 0 bridgehead atoms. The number of aromatic nitrogens is 2. The van der Waals surface area contributed by atoms with Crippen LogP contribution in [0.5, 0.6) is 0 Å². The number of imidazole rings is 1. The van der Waals surface area contributed by atoms with E-state index >= 15 is 0 Å². The van der Waals surface area contributed by atoms with Gasteiger partial charge in [-0.2, -0.15) is 0 Å². The fourth-order valence-corrected chi connectivity index (χ4v) is 2.19. The Morgan fingerprint density at radius 1 is 1.27 bits per heavy atom. The van der Waals surface area contributed by atoms with Gasteiger partial charge in [-0.3, -0.25) is 25.0 Å². The van der Waals surface area contributed by atoms with Crippen LogP contribution >= 0.6 is 0 Å². The zero-order valence-corrected chi connectivity index (χ0v) is 11.2. The number of nitrogens with one attached hydrogen (secondary N) is 2. The Labute approximate surface area is 123 Å². The van der Waals surface area contributed by atoms with Gasteiger partial charge in [-0.1, -0.05) is 0 Å². The molecule has 0 unspecified atom stereocenters. The third kappa shape index (κ3) is 2.54. The Kier molecular flexibility index (Phi) is 4.70. The summed E-state index contributed by atoms with van der Waals surface area (Å²) in [6.07, 6.45) is -4.08. The molecule has 2 amide bonds. The molecule has 12 heteroatoms. The second kappa shape index (κ2) is 6.35. The van der Waals surface area contributed by atoms with Crippen LogP contribution in [0.3, 0.4) is 0 Å². The summed E-state index contributed by atoms with van der Waals surface area (Å²) in [6.45, 7) is -0.544. The average molecular weight is 316 g/mol. The van der Waals surface area contributed by atoms with Gasteiger partial charge in [-0.15, -0.1) is 0 Å². The van der Waals surface area contributed by atoms with Crippen molar-refractivity contribution in [2.75, 3.05) is 6.61 Å². The van der Waals surface area contributed by atoms with Gasteiger partial charge in [0.2, 0.25) is 0 Å². The zero-order chi connectivity index (χ0) is 16.4. The maximum absolute atomic E-state index is 11.9. The molecule has 1 aromatic rings. The fourth-order valence-electron chi connectivity index (χ4n) is 2.19. The number of nitrogens with zero attached hydrogens (tertiary/aromatic N) is 2. The maximum Gasteiger partial charge on any atom is 0.286 e. The van der Waals surface area contributed by atoms with Crippen molar-refractivity contribution in [3.8, 4) is 0 Å². The zero-order valence-electron chi connectivity index (χ0n) is 11.2. The maximum atomic E-state index is 11.9. The molecule has 1 saturated heterocycles. The molecular weight excluding hydrogens is 300 g/mol. The van der Waals surface area contributed by atoms with E-state index in [1.165, 1.54) is 0 Å². The fraction of sp³-hybridized carbons (Fsp3) is 0.500. The molecule has 1 aromatic heterocycles. The van der Waals surface area contributed by atoms with Crippen LogP contribution in [0, 0.1) is 0 Å². The van der Waals surface area contributed by atoms with Crippen LogP contribution in [0.4, 0.5) is 0 Å². The van der Waals surface area contributed by atoms with Crippen molar-refractivity contribution in [2.45, 2.75) is 24.5 Å². The topological polar surface area (TPSA) is 198 Å².